The maximum Gasteiger partial charge on any atom is 0.136 e. The van der Waals surface area contributed by atoms with Crippen LogP contribution in [0.25, 0.3) is 43.9 Å². The van der Waals surface area contributed by atoms with Crippen molar-refractivity contribution in [3.63, 3.8) is 0 Å². The van der Waals surface area contributed by atoms with E-state index in [0.717, 1.165) is 45.9 Å². The molecule has 2 heterocycles. The molecule has 0 radical (unpaired) electrons. The highest BCUT2D eigenvalue weighted by Crippen LogP contribution is 2.37. The van der Waals surface area contributed by atoms with E-state index >= 15 is 0 Å². The number of fused-ring (bicyclic) bond motifs is 6. The van der Waals surface area contributed by atoms with Crippen LogP contribution >= 0.6 is 0 Å². The maximum atomic E-state index is 6.33. The predicted molar refractivity (Wildman–Crippen MR) is 146 cm³/mol. The van der Waals surface area contributed by atoms with Crippen LogP contribution in [0.2, 0.25) is 0 Å². The van der Waals surface area contributed by atoms with Crippen molar-refractivity contribution in [2.45, 2.75) is 90.9 Å². The Balaban J connectivity index is 1.38. The van der Waals surface area contributed by atoms with E-state index < -0.39 is 0 Å². The molecule has 0 spiro atoms. The van der Waals surface area contributed by atoms with Gasteiger partial charge in [0.25, 0.3) is 0 Å². The highest BCUT2D eigenvalue weighted by molar-refractivity contribution is 6.14. The molecule has 2 heteroatoms. The first-order valence-electron chi connectivity index (χ1n) is 13.6. The van der Waals surface area contributed by atoms with Gasteiger partial charge in [-0.1, -0.05) is 89.5 Å². The molecule has 5 rings (SSSR count). The summed E-state index contributed by atoms with van der Waals surface area (Å²) in [6.07, 6.45) is 15.4. The van der Waals surface area contributed by atoms with E-state index in [1.54, 1.807) is 0 Å². The molecular formula is C32H38O2. The first-order chi connectivity index (χ1) is 16.8. The van der Waals surface area contributed by atoms with Crippen molar-refractivity contribution in [2.75, 3.05) is 0 Å². The molecule has 0 aliphatic rings. The van der Waals surface area contributed by atoms with E-state index in [2.05, 4.69) is 62.4 Å². The Morgan fingerprint density at radius 1 is 0.441 bits per heavy atom. The first-order valence-corrected chi connectivity index (χ1v) is 13.6. The van der Waals surface area contributed by atoms with Gasteiger partial charge in [-0.25, -0.2) is 0 Å². The van der Waals surface area contributed by atoms with Gasteiger partial charge in [0.1, 0.15) is 22.3 Å². The average molecular weight is 455 g/mol. The molecule has 0 unspecified atom stereocenters. The van der Waals surface area contributed by atoms with Gasteiger partial charge in [-0.15, -0.1) is 0 Å². The minimum absolute atomic E-state index is 0.949. The van der Waals surface area contributed by atoms with Crippen LogP contribution in [-0.4, -0.2) is 0 Å². The Morgan fingerprint density at radius 2 is 0.853 bits per heavy atom. The largest absolute Gasteiger partial charge is 0.456 e. The molecule has 0 aliphatic heterocycles. The molecule has 3 aromatic carbocycles. The zero-order chi connectivity index (χ0) is 23.3. The summed E-state index contributed by atoms with van der Waals surface area (Å²) in [5, 5.41) is 4.65. The Kier molecular flexibility index (Phi) is 7.23. The van der Waals surface area contributed by atoms with Crippen LogP contribution in [0.15, 0.2) is 57.4 Å². The van der Waals surface area contributed by atoms with Crippen LogP contribution in [0.5, 0.6) is 0 Å². The summed E-state index contributed by atoms with van der Waals surface area (Å²) < 4.78 is 12.7. The van der Waals surface area contributed by atoms with Crippen molar-refractivity contribution in [3.8, 4) is 0 Å². The monoisotopic (exact) mass is 454 g/mol. The highest BCUT2D eigenvalue weighted by atomic mass is 16.3. The minimum atomic E-state index is 0.949. The fraction of sp³-hybridized carbons (Fsp3) is 0.438. The SMILES string of the molecule is CCCCCCCc1ccc2c(c1)oc1cc3c(cc12)oc1cc(CCCCCCC)ccc13. The zero-order valence-corrected chi connectivity index (χ0v) is 20.9. The lowest BCUT2D eigenvalue weighted by molar-refractivity contribution is 0.631. The van der Waals surface area contributed by atoms with Crippen LogP contribution in [-0.2, 0) is 12.8 Å². The van der Waals surface area contributed by atoms with E-state index in [1.807, 2.05) is 0 Å². The van der Waals surface area contributed by atoms with E-state index in [9.17, 15) is 0 Å². The number of furan rings is 2. The smallest absolute Gasteiger partial charge is 0.136 e. The fourth-order valence-electron chi connectivity index (χ4n) is 5.31. The lowest BCUT2D eigenvalue weighted by atomic mass is 10.0. The van der Waals surface area contributed by atoms with Crippen LogP contribution in [0.4, 0.5) is 0 Å². The number of aryl methyl sites for hydroxylation is 2. The molecule has 178 valence electrons. The minimum Gasteiger partial charge on any atom is -0.456 e. The first kappa shape index (κ1) is 23.0. The number of rotatable bonds is 12. The third-order valence-electron chi connectivity index (χ3n) is 7.33. The second-order valence-electron chi connectivity index (χ2n) is 10.0. The number of hydrogen-bond donors (Lipinski definition) is 0. The van der Waals surface area contributed by atoms with E-state index in [0.29, 0.717) is 0 Å². The third kappa shape index (κ3) is 4.87. The second kappa shape index (κ2) is 10.7. The molecular weight excluding hydrogens is 416 g/mol. The van der Waals surface area contributed by atoms with Gasteiger partial charge in [0.05, 0.1) is 0 Å². The Bertz CT molecular complexity index is 1280. The number of benzene rings is 3. The molecule has 0 saturated carbocycles. The van der Waals surface area contributed by atoms with Crippen molar-refractivity contribution in [3.05, 3.63) is 59.7 Å². The average Bonchev–Trinajstić information content (AvgIpc) is 3.38. The van der Waals surface area contributed by atoms with Gasteiger partial charge in [0.2, 0.25) is 0 Å². The van der Waals surface area contributed by atoms with Crippen molar-refractivity contribution in [1.29, 1.82) is 0 Å². The Morgan fingerprint density at radius 3 is 1.29 bits per heavy atom. The number of hydrogen-bond acceptors (Lipinski definition) is 2. The van der Waals surface area contributed by atoms with Crippen LogP contribution < -0.4 is 0 Å². The number of unbranched alkanes of at least 4 members (excludes halogenated alkanes) is 8. The topological polar surface area (TPSA) is 26.3 Å². The van der Waals surface area contributed by atoms with Gasteiger partial charge in [-0.3, -0.25) is 0 Å². The van der Waals surface area contributed by atoms with Gasteiger partial charge in [0.15, 0.2) is 0 Å². The molecule has 0 saturated heterocycles. The molecule has 0 atom stereocenters. The van der Waals surface area contributed by atoms with Gasteiger partial charge < -0.3 is 8.83 Å². The van der Waals surface area contributed by atoms with Crippen LogP contribution in [0.3, 0.4) is 0 Å². The molecule has 0 aliphatic carbocycles. The van der Waals surface area contributed by atoms with Crippen LogP contribution in [0.1, 0.15) is 89.2 Å². The van der Waals surface area contributed by atoms with Gasteiger partial charge >= 0.3 is 0 Å². The third-order valence-corrected chi connectivity index (χ3v) is 7.33. The molecule has 0 amide bonds. The quantitative estimate of drug-likeness (QED) is 0.175. The summed E-state index contributed by atoms with van der Waals surface area (Å²) in [6, 6.07) is 17.8. The van der Waals surface area contributed by atoms with E-state index in [-0.39, 0.29) is 0 Å². The molecule has 2 aromatic heterocycles. The van der Waals surface area contributed by atoms with Gasteiger partial charge in [0, 0.05) is 21.5 Å². The molecule has 0 fully saturated rings. The summed E-state index contributed by atoms with van der Waals surface area (Å²) in [5.41, 5.74) is 6.63. The fourth-order valence-corrected chi connectivity index (χ4v) is 5.31. The lowest BCUT2D eigenvalue weighted by Gasteiger charge is -2.01. The standard InChI is InChI=1S/C32H38O2/c1-3-5-7-9-11-13-23-15-17-25-27-21-32-28(22-31(27)33-29(25)19-23)26-18-16-24(20-30(26)34-32)14-12-10-8-6-4-2/h15-22H,3-14H2,1-2H3. The maximum absolute atomic E-state index is 6.33. The summed E-state index contributed by atoms with van der Waals surface area (Å²) >= 11 is 0. The van der Waals surface area contributed by atoms with Crippen molar-refractivity contribution < 1.29 is 8.83 Å². The molecule has 0 N–H and O–H groups in total. The Labute approximate surface area is 203 Å². The molecule has 2 nitrogen and oxygen atoms in total. The molecule has 34 heavy (non-hydrogen) atoms. The highest BCUT2D eigenvalue weighted by Gasteiger charge is 2.14. The van der Waals surface area contributed by atoms with E-state index in [4.69, 9.17) is 8.83 Å². The lowest BCUT2D eigenvalue weighted by Crippen LogP contribution is -1.85. The molecule has 5 aromatic rings. The predicted octanol–water partition coefficient (Wildman–Crippen LogP) is 10.5. The summed E-state index contributed by atoms with van der Waals surface area (Å²) in [6.45, 7) is 4.53. The van der Waals surface area contributed by atoms with Gasteiger partial charge in [-0.2, -0.15) is 0 Å². The van der Waals surface area contributed by atoms with Gasteiger partial charge in [-0.05, 0) is 61.1 Å². The second-order valence-corrected chi connectivity index (χ2v) is 10.0. The summed E-state index contributed by atoms with van der Waals surface area (Å²) in [4.78, 5) is 0. The molecule has 0 bridgehead atoms. The van der Waals surface area contributed by atoms with E-state index in [1.165, 1.54) is 86.1 Å². The van der Waals surface area contributed by atoms with Crippen molar-refractivity contribution in [1.82, 2.24) is 0 Å². The van der Waals surface area contributed by atoms with Crippen LogP contribution in [0, 0.1) is 0 Å². The zero-order valence-electron chi connectivity index (χ0n) is 20.9. The summed E-state index contributed by atoms with van der Waals surface area (Å²) in [5.74, 6) is 0. The Hall–Kier alpha value is -2.74. The van der Waals surface area contributed by atoms with Crippen molar-refractivity contribution >= 4 is 43.9 Å². The normalized spacial score (nSPS) is 12.1. The van der Waals surface area contributed by atoms with Crippen molar-refractivity contribution in [2.24, 2.45) is 0 Å². The summed E-state index contributed by atoms with van der Waals surface area (Å²) in [7, 11) is 0.